The summed E-state index contributed by atoms with van der Waals surface area (Å²) in [5.41, 5.74) is 2.57. The summed E-state index contributed by atoms with van der Waals surface area (Å²) in [6.45, 7) is 6.85. The van der Waals surface area contributed by atoms with Gasteiger partial charge >= 0.3 is 5.97 Å². The molecule has 1 aromatic carbocycles. The molecule has 0 unspecified atom stereocenters. The van der Waals surface area contributed by atoms with E-state index in [-0.39, 0.29) is 11.8 Å². The van der Waals surface area contributed by atoms with Gasteiger partial charge in [0.2, 0.25) is 0 Å². The largest absolute Gasteiger partial charge is 0.481 e. The smallest absolute Gasteiger partial charge is 0.303 e. The Bertz CT molecular complexity index is 516. The zero-order valence-electron chi connectivity index (χ0n) is 12.4. The predicted octanol–water partition coefficient (Wildman–Crippen LogP) is 3.56. The van der Waals surface area contributed by atoms with Crippen molar-refractivity contribution in [2.45, 2.75) is 40.0 Å². The first kappa shape index (κ1) is 16.0. The summed E-state index contributed by atoms with van der Waals surface area (Å²) >= 11 is 0. The van der Waals surface area contributed by atoms with Gasteiger partial charge in [-0.2, -0.15) is 5.26 Å². The molecule has 0 aliphatic rings. The molecular weight excluding hydrogens is 252 g/mol. The summed E-state index contributed by atoms with van der Waals surface area (Å²) in [5, 5.41) is 21.1. The van der Waals surface area contributed by atoms with Crippen molar-refractivity contribution in [3.8, 4) is 6.07 Å². The van der Waals surface area contributed by atoms with Crippen molar-refractivity contribution in [1.82, 2.24) is 0 Å². The maximum Gasteiger partial charge on any atom is 0.303 e. The van der Waals surface area contributed by atoms with E-state index in [0.717, 1.165) is 24.2 Å². The van der Waals surface area contributed by atoms with Gasteiger partial charge in [-0.1, -0.05) is 19.9 Å². The van der Waals surface area contributed by atoms with Gasteiger partial charge in [0, 0.05) is 13.0 Å². The highest BCUT2D eigenvalue weighted by molar-refractivity contribution is 5.66. The van der Waals surface area contributed by atoms with Crippen molar-refractivity contribution < 1.29 is 9.90 Å². The minimum absolute atomic E-state index is 0.0258. The lowest BCUT2D eigenvalue weighted by atomic mass is 9.84. The molecular formula is C16H22N2O2. The normalized spacial score (nSPS) is 10.9. The van der Waals surface area contributed by atoms with Gasteiger partial charge < -0.3 is 10.4 Å². The SMILES string of the molecule is Cc1ccc(C#N)c(NCCC(C)(C)CCC(=O)O)c1. The summed E-state index contributed by atoms with van der Waals surface area (Å²) in [6.07, 6.45) is 1.71. The minimum atomic E-state index is -0.753. The fraction of sp³-hybridized carbons (Fsp3) is 0.500. The molecule has 1 aromatic rings. The number of nitrogens with one attached hydrogen (secondary N) is 1. The Hall–Kier alpha value is -2.02. The number of hydrogen-bond donors (Lipinski definition) is 2. The van der Waals surface area contributed by atoms with Crippen LogP contribution in [0.4, 0.5) is 5.69 Å². The maximum atomic E-state index is 10.6. The molecule has 108 valence electrons. The Labute approximate surface area is 120 Å². The first-order valence-electron chi connectivity index (χ1n) is 6.80. The van der Waals surface area contributed by atoms with E-state index >= 15 is 0 Å². The van der Waals surface area contributed by atoms with Crippen LogP contribution in [0.5, 0.6) is 0 Å². The number of anilines is 1. The third-order valence-electron chi connectivity index (χ3n) is 3.43. The second-order valence-corrected chi connectivity index (χ2v) is 5.90. The molecule has 0 saturated heterocycles. The number of aryl methyl sites for hydroxylation is 1. The van der Waals surface area contributed by atoms with Gasteiger partial charge in [-0.25, -0.2) is 0 Å². The molecule has 0 fully saturated rings. The first-order valence-corrected chi connectivity index (χ1v) is 6.80. The van der Waals surface area contributed by atoms with E-state index in [1.165, 1.54) is 0 Å². The van der Waals surface area contributed by atoms with E-state index in [1.807, 2.05) is 25.1 Å². The van der Waals surface area contributed by atoms with Gasteiger partial charge in [-0.05, 0) is 42.9 Å². The van der Waals surface area contributed by atoms with Crippen LogP contribution in [0.15, 0.2) is 18.2 Å². The molecule has 20 heavy (non-hydrogen) atoms. The number of aliphatic carboxylic acids is 1. The van der Waals surface area contributed by atoms with E-state index in [0.29, 0.717) is 12.0 Å². The van der Waals surface area contributed by atoms with Gasteiger partial charge in [0.1, 0.15) is 6.07 Å². The summed E-state index contributed by atoms with van der Waals surface area (Å²) in [7, 11) is 0. The van der Waals surface area contributed by atoms with Crippen LogP contribution < -0.4 is 5.32 Å². The Kier molecular flexibility index (Phi) is 5.57. The molecule has 0 amide bonds. The summed E-state index contributed by atoms with van der Waals surface area (Å²) < 4.78 is 0. The van der Waals surface area contributed by atoms with Crippen LogP contribution in [0.25, 0.3) is 0 Å². The lowest BCUT2D eigenvalue weighted by molar-refractivity contribution is -0.137. The number of carboxylic acid groups (broad SMARTS) is 1. The van der Waals surface area contributed by atoms with Crippen molar-refractivity contribution in [1.29, 1.82) is 5.26 Å². The molecule has 4 nitrogen and oxygen atoms in total. The van der Waals surface area contributed by atoms with Crippen LogP contribution in [-0.2, 0) is 4.79 Å². The Balaban J connectivity index is 2.54. The minimum Gasteiger partial charge on any atom is -0.481 e. The number of carbonyl (C=O) groups is 1. The molecule has 4 heteroatoms. The van der Waals surface area contributed by atoms with Crippen molar-refractivity contribution in [3.63, 3.8) is 0 Å². The topological polar surface area (TPSA) is 73.1 Å². The van der Waals surface area contributed by atoms with Crippen molar-refractivity contribution >= 4 is 11.7 Å². The average Bonchev–Trinajstić information content (AvgIpc) is 2.37. The van der Waals surface area contributed by atoms with Gasteiger partial charge in [0.25, 0.3) is 0 Å². The fourth-order valence-electron chi connectivity index (χ4n) is 2.01. The lowest BCUT2D eigenvalue weighted by Gasteiger charge is -2.24. The van der Waals surface area contributed by atoms with Crippen LogP contribution >= 0.6 is 0 Å². The molecule has 0 aromatic heterocycles. The van der Waals surface area contributed by atoms with Gasteiger partial charge in [-0.3, -0.25) is 4.79 Å². The summed E-state index contributed by atoms with van der Waals surface area (Å²) in [6, 6.07) is 7.86. The number of hydrogen-bond acceptors (Lipinski definition) is 3. The zero-order valence-corrected chi connectivity index (χ0v) is 12.4. The van der Waals surface area contributed by atoms with Crippen molar-refractivity contribution in [2.75, 3.05) is 11.9 Å². The quantitative estimate of drug-likeness (QED) is 0.797. The number of rotatable bonds is 7. The van der Waals surface area contributed by atoms with E-state index in [2.05, 4.69) is 25.2 Å². The standard InChI is InChI=1S/C16H22N2O2/c1-12-4-5-13(11-17)14(10-12)18-9-8-16(2,3)7-6-15(19)20/h4-5,10,18H,6-9H2,1-3H3,(H,19,20). The van der Waals surface area contributed by atoms with Crippen LogP contribution in [0, 0.1) is 23.7 Å². The molecule has 0 radical (unpaired) electrons. The third-order valence-corrected chi connectivity index (χ3v) is 3.43. The second-order valence-electron chi connectivity index (χ2n) is 5.90. The number of carboxylic acids is 1. The number of nitriles is 1. The van der Waals surface area contributed by atoms with Gasteiger partial charge in [0.05, 0.1) is 11.3 Å². The monoisotopic (exact) mass is 274 g/mol. The van der Waals surface area contributed by atoms with Gasteiger partial charge in [-0.15, -0.1) is 0 Å². The van der Waals surface area contributed by atoms with Crippen LogP contribution in [0.2, 0.25) is 0 Å². The van der Waals surface area contributed by atoms with Crippen molar-refractivity contribution in [2.24, 2.45) is 5.41 Å². The molecule has 0 heterocycles. The average molecular weight is 274 g/mol. The molecule has 1 rings (SSSR count). The molecule has 0 aliphatic carbocycles. The van der Waals surface area contributed by atoms with E-state index in [9.17, 15) is 4.79 Å². The zero-order chi connectivity index (χ0) is 15.2. The Morgan fingerprint density at radius 3 is 2.70 bits per heavy atom. The van der Waals surface area contributed by atoms with E-state index in [1.54, 1.807) is 0 Å². The molecule has 0 saturated carbocycles. The molecule has 2 N–H and O–H groups in total. The van der Waals surface area contributed by atoms with Crippen molar-refractivity contribution in [3.05, 3.63) is 29.3 Å². The number of benzene rings is 1. The third kappa shape index (κ3) is 5.31. The van der Waals surface area contributed by atoms with Gasteiger partial charge in [0.15, 0.2) is 0 Å². The highest BCUT2D eigenvalue weighted by Crippen LogP contribution is 2.27. The molecule has 0 aliphatic heterocycles. The second kappa shape index (κ2) is 6.95. The molecule has 0 atom stereocenters. The Morgan fingerprint density at radius 1 is 1.40 bits per heavy atom. The Morgan fingerprint density at radius 2 is 2.10 bits per heavy atom. The predicted molar refractivity (Wildman–Crippen MR) is 79.7 cm³/mol. The summed E-state index contributed by atoms with van der Waals surface area (Å²) in [4.78, 5) is 10.6. The van der Waals surface area contributed by atoms with Crippen LogP contribution in [0.3, 0.4) is 0 Å². The van der Waals surface area contributed by atoms with Crippen LogP contribution in [-0.4, -0.2) is 17.6 Å². The number of nitrogens with zero attached hydrogens (tertiary/aromatic N) is 1. The fourth-order valence-corrected chi connectivity index (χ4v) is 2.01. The maximum absolute atomic E-state index is 10.6. The molecule has 0 spiro atoms. The van der Waals surface area contributed by atoms with Crippen LogP contribution in [0.1, 0.15) is 44.2 Å². The molecule has 0 bridgehead atoms. The highest BCUT2D eigenvalue weighted by atomic mass is 16.4. The van der Waals surface area contributed by atoms with E-state index in [4.69, 9.17) is 10.4 Å². The lowest BCUT2D eigenvalue weighted by Crippen LogP contribution is -2.18. The summed E-state index contributed by atoms with van der Waals surface area (Å²) in [5.74, 6) is -0.753. The van der Waals surface area contributed by atoms with E-state index < -0.39 is 5.97 Å². The first-order chi connectivity index (χ1) is 9.34. The highest BCUT2D eigenvalue weighted by Gasteiger charge is 2.18.